The van der Waals surface area contributed by atoms with Gasteiger partial charge in [-0.1, -0.05) is 35.9 Å². The predicted octanol–water partition coefficient (Wildman–Crippen LogP) is 2.28. The number of ketones is 2. The zero-order chi connectivity index (χ0) is 17.5. The van der Waals surface area contributed by atoms with Crippen molar-refractivity contribution in [3.8, 4) is 0 Å². The van der Waals surface area contributed by atoms with Crippen LogP contribution in [0, 0.1) is 0 Å². The van der Waals surface area contributed by atoms with Crippen LogP contribution in [0.1, 0.15) is 20.7 Å². The van der Waals surface area contributed by atoms with E-state index in [-0.39, 0.29) is 26.8 Å². The standard InChI is InChI=1S/C16H11ClN2O4S/c17-13-14(16(21)12-4-2-1-3-11(12)15(13)20)19-9-5-7-10(8-6-9)24(18,22)23/h1-8,19H,(H2,18,22,23). The molecule has 0 aliphatic heterocycles. The molecule has 0 saturated heterocycles. The normalized spacial score (nSPS) is 14.6. The number of carbonyl (C=O) groups excluding carboxylic acids is 2. The van der Waals surface area contributed by atoms with Crippen molar-refractivity contribution in [3.63, 3.8) is 0 Å². The molecule has 122 valence electrons. The topological polar surface area (TPSA) is 106 Å². The number of carbonyl (C=O) groups is 2. The Morgan fingerprint density at radius 1 is 0.875 bits per heavy atom. The maximum atomic E-state index is 12.5. The van der Waals surface area contributed by atoms with Crippen molar-refractivity contribution in [1.82, 2.24) is 0 Å². The largest absolute Gasteiger partial charge is 0.351 e. The number of allylic oxidation sites excluding steroid dienone is 2. The smallest absolute Gasteiger partial charge is 0.238 e. The molecule has 0 fully saturated rings. The fourth-order valence-corrected chi connectivity index (χ4v) is 3.08. The Morgan fingerprint density at radius 3 is 1.96 bits per heavy atom. The van der Waals surface area contributed by atoms with Gasteiger partial charge in [0.05, 0.1) is 4.90 Å². The first-order valence-electron chi connectivity index (χ1n) is 6.77. The van der Waals surface area contributed by atoms with Crippen molar-refractivity contribution >= 4 is 38.9 Å². The number of benzene rings is 2. The molecule has 0 amide bonds. The number of halogens is 1. The van der Waals surface area contributed by atoms with Gasteiger partial charge in [0, 0.05) is 16.8 Å². The minimum atomic E-state index is -3.81. The van der Waals surface area contributed by atoms with Crippen LogP contribution in [0.15, 0.2) is 64.2 Å². The Hall–Kier alpha value is -2.48. The molecule has 1 aliphatic rings. The highest BCUT2D eigenvalue weighted by Gasteiger charge is 2.31. The quantitative estimate of drug-likeness (QED) is 0.871. The first kappa shape index (κ1) is 16.4. The van der Waals surface area contributed by atoms with E-state index in [1.54, 1.807) is 18.2 Å². The summed E-state index contributed by atoms with van der Waals surface area (Å²) in [5.74, 6) is -0.860. The number of sulfonamides is 1. The van der Waals surface area contributed by atoms with Crippen LogP contribution in [0.2, 0.25) is 0 Å². The third-order valence-corrected chi connectivity index (χ3v) is 4.80. The number of anilines is 1. The van der Waals surface area contributed by atoms with Crippen molar-refractivity contribution < 1.29 is 18.0 Å². The van der Waals surface area contributed by atoms with Gasteiger partial charge in [0.25, 0.3) is 0 Å². The Morgan fingerprint density at radius 2 is 1.42 bits per heavy atom. The van der Waals surface area contributed by atoms with E-state index in [1.807, 2.05) is 0 Å². The Balaban J connectivity index is 1.97. The molecule has 0 heterocycles. The van der Waals surface area contributed by atoms with Gasteiger partial charge in [-0.25, -0.2) is 13.6 Å². The van der Waals surface area contributed by atoms with E-state index in [9.17, 15) is 18.0 Å². The molecule has 0 spiro atoms. The second-order valence-corrected chi connectivity index (χ2v) is 7.03. The van der Waals surface area contributed by atoms with E-state index in [1.165, 1.54) is 30.3 Å². The average molecular weight is 363 g/mol. The molecule has 2 aromatic carbocycles. The van der Waals surface area contributed by atoms with E-state index in [2.05, 4.69) is 5.32 Å². The second-order valence-electron chi connectivity index (χ2n) is 5.09. The summed E-state index contributed by atoms with van der Waals surface area (Å²) in [6.07, 6.45) is 0. The molecule has 3 rings (SSSR count). The van der Waals surface area contributed by atoms with Gasteiger partial charge in [-0.05, 0) is 24.3 Å². The number of fused-ring (bicyclic) bond motifs is 1. The van der Waals surface area contributed by atoms with Crippen LogP contribution in [0.3, 0.4) is 0 Å². The maximum absolute atomic E-state index is 12.5. The maximum Gasteiger partial charge on any atom is 0.238 e. The number of hydrogen-bond acceptors (Lipinski definition) is 5. The lowest BCUT2D eigenvalue weighted by atomic mass is 9.92. The van der Waals surface area contributed by atoms with Crippen LogP contribution >= 0.6 is 11.6 Å². The molecular weight excluding hydrogens is 352 g/mol. The average Bonchev–Trinajstić information content (AvgIpc) is 2.56. The van der Waals surface area contributed by atoms with Crippen LogP contribution in [0.4, 0.5) is 5.69 Å². The number of rotatable bonds is 3. The highest BCUT2D eigenvalue weighted by Crippen LogP contribution is 2.29. The summed E-state index contributed by atoms with van der Waals surface area (Å²) in [7, 11) is -3.81. The highest BCUT2D eigenvalue weighted by atomic mass is 35.5. The molecule has 0 bridgehead atoms. The van der Waals surface area contributed by atoms with Gasteiger partial charge in [0.15, 0.2) is 0 Å². The number of Topliss-reactive ketones (excluding diaryl/α,β-unsaturated/α-hetero) is 2. The van der Waals surface area contributed by atoms with E-state index < -0.39 is 21.6 Å². The highest BCUT2D eigenvalue weighted by molar-refractivity contribution is 7.89. The Labute approximate surface area is 143 Å². The predicted molar refractivity (Wildman–Crippen MR) is 89.4 cm³/mol. The van der Waals surface area contributed by atoms with Crippen LogP contribution < -0.4 is 10.5 Å². The van der Waals surface area contributed by atoms with E-state index in [4.69, 9.17) is 16.7 Å². The van der Waals surface area contributed by atoms with Gasteiger partial charge in [0.1, 0.15) is 10.7 Å². The van der Waals surface area contributed by atoms with E-state index in [0.717, 1.165) is 0 Å². The minimum absolute atomic E-state index is 0.0521. The van der Waals surface area contributed by atoms with Crippen molar-refractivity contribution in [2.75, 3.05) is 5.32 Å². The fourth-order valence-electron chi connectivity index (χ4n) is 2.33. The summed E-state index contributed by atoms with van der Waals surface area (Å²) < 4.78 is 22.5. The number of hydrogen-bond donors (Lipinski definition) is 2. The summed E-state index contributed by atoms with van der Waals surface area (Å²) in [4.78, 5) is 24.7. The molecule has 0 saturated carbocycles. The van der Waals surface area contributed by atoms with Gasteiger partial charge in [-0.3, -0.25) is 9.59 Å². The molecule has 24 heavy (non-hydrogen) atoms. The first-order chi connectivity index (χ1) is 11.3. The molecule has 8 heteroatoms. The third-order valence-electron chi connectivity index (χ3n) is 3.51. The van der Waals surface area contributed by atoms with Gasteiger partial charge >= 0.3 is 0 Å². The SMILES string of the molecule is NS(=O)(=O)c1ccc(NC2=C(Cl)C(=O)c3ccccc3C2=O)cc1. The summed E-state index contributed by atoms with van der Waals surface area (Å²) in [5.41, 5.74) is 0.859. The molecule has 2 aromatic rings. The zero-order valence-corrected chi connectivity index (χ0v) is 13.7. The monoisotopic (exact) mass is 362 g/mol. The lowest BCUT2D eigenvalue weighted by Gasteiger charge is -2.19. The van der Waals surface area contributed by atoms with Gasteiger partial charge in [-0.2, -0.15) is 0 Å². The molecular formula is C16H11ClN2O4S. The van der Waals surface area contributed by atoms with E-state index >= 15 is 0 Å². The minimum Gasteiger partial charge on any atom is -0.351 e. The van der Waals surface area contributed by atoms with Crippen LogP contribution in [-0.4, -0.2) is 20.0 Å². The lowest BCUT2D eigenvalue weighted by molar-refractivity contribution is 0.0982. The summed E-state index contributed by atoms with van der Waals surface area (Å²) in [5, 5.41) is 7.59. The molecule has 6 nitrogen and oxygen atoms in total. The lowest BCUT2D eigenvalue weighted by Crippen LogP contribution is -2.24. The van der Waals surface area contributed by atoms with Crippen LogP contribution in [0.5, 0.6) is 0 Å². The van der Waals surface area contributed by atoms with Crippen LogP contribution in [0.25, 0.3) is 0 Å². The van der Waals surface area contributed by atoms with Crippen molar-refractivity contribution in [1.29, 1.82) is 0 Å². The van der Waals surface area contributed by atoms with Crippen molar-refractivity contribution in [2.45, 2.75) is 4.90 Å². The van der Waals surface area contributed by atoms with Gasteiger partial charge in [0.2, 0.25) is 21.6 Å². The first-order valence-corrected chi connectivity index (χ1v) is 8.69. The molecule has 1 aliphatic carbocycles. The van der Waals surface area contributed by atoms with Crippen molar-refractivity contribution in [3.05, 3.63) is 70.4 Å². The van der Waals surface area contributed by atoms with E-state index in [0.29, 0.717) is 5.69 Å². The van der Waals surface area contributed by atoms with Gasteiger partial charge < -0.3 is 5.32 Å². The summed E-state index contributed by atoms with van der Waals surface area (Å²) in [6.45, 7) is 0. The van der Waals surface area contributed by atoms with Gasteiger partial charge in [-0.15, -0.1) is 0 Å². The molecule has 3 N–H and O–H groups in total. The number of nitrogens with one attached hydrogen (secondary N) is 1. The Bertz CT molecular complexity index is 995. The summed E-state index contributed by atoms with van der Waals surface area (Å²) >= 11 is 6.04. The number of primary sulfonamides is 1. The van der Waals surface area contributed by atoms with Crippen molar-refractivity contribution in [2.24, 2.45) is 5.14 Å². The molecule has 0 unspecified atom stereocenters. The van der Waals surface area contributed by atoms with Crippen LogP contribution in [-0.2, 0) is 10.0 Å². The third kappa shape index (κ3) is 2.84. The number of nitrogens with two attached hydrogens (primary N) is 1. The fraction of sp³-hybridized carbons (Fsp3) is 0. The molecule has 0 radical (unpaired) electrons. The second kappa shape index (κ2) is 5.86. The Kier molecular flexibility index (Phi) is 4.00. The molecule has 0 aromatic heterocycles. The molecule has 0 atom stereocenters. The zero-order valence-electron chi connectivity index (χ0n) is 12.1. The summed E-state index contributed by atoms with van der Waals surface area (Å²) in [6, 6.07) is 11.8.